The van der Waals surface area contributed by atoms with Crippen molar-refractivity contribution < 1.29 is 9.53 Å². The van der Waals surface area contributed by atoms with Gasteiger partial charge in [0.1, 0.15) is 5.75 Å². The third-order valence-corrected chi connectivity index (χ3v) is 4.19. The Labute approximate surface area is 113 Å². The van der Waals surface area contributed by atoms with Crippen LogP contribution in [-0.2, 0) is 0 Å². The average Bonchev–Trinajstić information content (AvgIpc) is 2.91. The Morgan fingerprint density at radius 1 is 1.42 bits per heavy atom. The molecule has 1 saturated heterocycles. The van der Waals surface area contributed by atoms with E-state index in [0.29, 0.717) is 17.8 Å². The highest BCUT2D eigenvalue weighted by atomic mass is 16.5. The van der Waals surface area contributed by atoms with Gasteiger partial charge in [0.2, 0.25) is 0 Å². The number of likely N-dealkylation sites (N-methyl/N-ethyl adjacent to an activating group) is 2. The van der Waals surface area contributed by atoms with E-state index in [2.05, 4.69) is 29.2 Å². The number of hydrogen-bond donors (Lipinski definition) is 1. The molecule has 0 spiro atoms. The van der Waals surface area contributed by atoms with Crippen LogP contribution < -0.4 is 15.0 Å². The van der Waals surface area contributed by atoms with Gasteiger partial charge in [-0.25, -0.2) is 4.79 Å². The Balaban J connectivity index is 1.92. The lowest BCUT2D eigenvalue weighted by atomic mass is 9.98. The van der Waals surface area contributed by atoms with Gasteiger partial charge in [-0.05, 0) is 37.2 Å². The molecule has 0 radical (unpaired) electrons. The minimum absolute atomic E-state index is 0.425. The van der Waals surface area contributed by atoms with Crippen molar-refractivity contribution in [2.45, 2.75) is 18.5 Å². The van der Waals surface area contributed by atoms with E-state index < -0.39 is 6.09 Å². The van der Waals surface area contributed by atoms with Crippen LogP contribution in [0.4, 0.5) is 10.5 Å². The first-order valence-electron chi connectivity index (χ1n) is 6.58. The average molecular weight is 261 g/mol. The van der Waals surface area contributed by atoms with Gasteiger partial charge in [-0.1, -0.05) is 0 Å². The molecule has 1 unspecified atom stereocenters. The number of anilines is 1. The third kappa shape index (κ3) is 1.85. The van der Waals surface area contributed by atoms with Crippen molar-refractivity contribution in [2.24, 2.45) is 0 Å². The van der Waals surface area contributed by atoms with E-state index in [1.165, 1.54) is 11.3 Å². The second-order valence-electron chi connectivity index (χ2n) is 5.26. The van der Waals surface area contributed by atoms with Gasteiger partial charge < -0.3 is 15.0 Å². The van der Waals surface area contributed by atoms with Crippen LogP contribution in [0.3, 0.4) is 0 Å². The number of fused-ring (bicyclic) bond motifs is 3. The highest BCUT2D eigenvalue weighted by Gasteiger charge is 2.43. The van der Waals surface area contributed by atoms with Crippen molar-refractivity contribution >= 4 is 11.8 Å². The second kappa shape index (κ2) is 4.42. The summed E-state index contributed by atoms with van der Waals surface area (Å²) in [6.45, 7) is 1.11. The molecule has 1 aromatic rings. The zero-order chi connectivity index (χ0) is 13.6. The molecule has 3 rings (SSSR count). The fourth-order valence-corrected chi connectivity index (χ4v) is 3.33. The lowest BCUT2D eigenvalue weighted by Crippen LogP contribution is -2.39. The van der Waals surface area contributed by atoms with Gasteiger partial charge in [0.15, 0.2) is 0 Å². The van der Waals surface area contributed by atoms with Gasteiger partial charge in [0.25, 0.3) is 0 Å². The predicted octanol–water partition coefficient (Wildman–Crippen LogP) is 1.60. The van der Waals surface area contributed by atoms with E-state index >= 15 is 0 Å². The summed E-state index contributed by atoms with van der Waals surface area (Å²) >= 11 is 0. The van der Waals surface area contributed by atoms with E-state index in [-0.39, 0.29) is 0 Å². The van der Waals surface area contributed by atoms with Crippen LogP contribution >= 0.6 is 0 Å². The van der Waals surface area contributed by atoms with Gasteiger partial charge in [-0.3, -0.25) is 4.90 Å². The molecule has 1 N–H and O–H groups in total. The normalized spacial score (nSPS) is 25.1. The van der Waals surface area contributed by atoms with Gasteiger partial charge in [0, 0.05) is 32.2 Å². The lowest BCUT2D eigenvalue weighted by molar-refractivity contribution is 0.203. The molecular formula is C14H19N3O2. The molecular weight excluding hydrogens is 242 g/mol. The van der Waals surface area contributed by atoms with Crippen LogP contribution in [-0.4, -0.2) is 44.8 Å². The van der Waals surface area contributed by atoms with E-state index in [0.717, 1.165) is 13.0 Å². The maximum Gasteiger partial charge on any atom is 0.412 e. The zero-order valence-corrected chi connectivity index (χ0v) is 11.5. The van der Waals surface area contributed by atoms with Crippen LogP contribution in [0.5, 0.6) is 5.75 Å². The molecule has 1 aromatic carbocycles. The Morgan fingerprint density at radius 2 is 2.21 bits per heavy atom. The molecule has 0 aliphatic carbocycles. The Bertz CT molecular complexity index is 517. The zero-order valence-electron chi connectivity index (χ0n) is 11.5. The summed E-state index contributed by atoms with van der Waals surface area (Å²) in [5, 5.41) is 2.46. The van der Waals surface area contributed by atoms with E-state index in [4.69, 9.17) is 4.74 Å². The molecule has 2 atom stereocenters. The van der Waals surface area contributed by atoms with Gasteiger partial charge in [-0.15, -0.1) is 0 Å². The maximum atomic E-state index is 11.3. The van der Waals surface area contributed by atoms with Crippen molar-refractivity contribution in [1.29, 1.82) is 0 Å². The van der Waals surface area contributed by atoms with Crippen molar-refractivity contribution in [1.82, 2.24) is 10.2 Å². The summed E-state index contributed by atoms with van der Waals surface area (Å²) in [4.78, 5) is 16.0. The summed E-state index contributed by atoms with van der Waals surface area (Å²) in [7, 11) is 5.85. The summed E-state index contributed by atoms with van der Waals surface area (Å²) in [6.07, 6.45) is 1.17. The molecule has 2 aliphatic heterocycles. The lowest BCUT2D eigenvalue weighted by Gasteiger charge is -2.28. The Hall–Kier alpha value is -1.75. The second-order valence-corrected chi connectivity index (χ2v) is 5.26. The molecule has 5 heteroatoms. The number of carbonyl (C=O) groups excluding carboxylic acids is 1. The topological polar surface area (TPSA) is 44.8 Å². The van der Waals surface area contributed by atoms with Gasteiger partial charge in [0.05, 0.1) is 6.17 Å². The number of carbonyl (C=O) groups is 1. The van der Waals surface area contributed by atoms with Gasteiger partial charge >= 0.3 is 6.09 Å². The number of nitrogens with zero attached hydrogens (tertiary/aromatic N) is 2. The molecule has 0 saturated carbocycles. The molecule has 19 heavy (non-hydrogen) atoms. The van der Waals surface area contributed by atoms with Crippen LogP contribution in [0.2, 0.25) is 0 Å². The van der Waals surface area contributed by atoms with Crippen molar-refractivity contribution in [3.05, 3.63) is 23.8 Å². The standard InChI is InChI=1S/C14H19N3O2/c1-15-14(18)19-9-4-5-12-11(8-9)10-6-7-16(2)13(10)17(12)3/h4-5,8,10,13H,6-7H2,1-3H3,(H,15,18)/t10?,13-/m1/s1. The van der Waals surface area contributed by atoms with Crippen LogP contribution in [0, 0.1) is 0 Å². The number of likely N-dealkylation sites (tertiary alicyclic amines) is 1. The first-order valence-corrected chi connectivity index (χ1v) is 6.58. The third-order valence-electron chi connectivity index (χ3n) is 4.19. The monoisotopic (exact) mass is 261 g/mol. The number of rotatable bonds is 1. The number of ether oxygens (including phenoxy) is 1. The first-order chi connectivity index (χ1) is 9.11. The predicted molar refractivity (Wildman–Crippen MR) is 73.7 cm³/mol. The molecule has 1 amide bonds. The number of nitrogens with one attached hydrogen (secondary N) is 1. The van der Waals surface area contributed by atoms with Gasteiger partial charge in [-0.2, -0.15) is 0 Å². The highest BCUT2D eigenvalue weighted by Crippen LogP contribution is 2.47. The molecule has 2 aliphatic rings. The number of benzene rings is 1. The Morgan fingerprint density at radius 3 is 2.95 bits per heavy atom. The van der Waals surface area contributed by atoms with Crippen LogP contribution in [0.1, 0.15) is 17.9 Å². The van der Waals surface area contributed by atoms with Crippen LogP contribution in [0.25, 0.3) is 0 Å². The molecule has 0 aromatic heterocycles. The summed E-state index contributed by atoms with van der Waals surface area (Å²) in [5.41, 5.74) is 2.53. The van der Waals surface area contributed by atoms with Crippen molar-refractivity contribution in [3.63, 3.8) is 0 Å². The number of hydrogen-bond acceptors (Lipinski definition) is 4. The first kappa shape index (κ1) is 12.3. The highest BCUT2D eigenvalue weighted by molar-refractivity contribution is 5.71. The fourth-order valence-electron chi connectivity index (χ4n) is 3.33. The molecule has 5 nitrogen and oxygen atoms in total. The summed E-state index contributed by atoms with van der Waals surface area (Å²) in [5.74, 6) is 1.12. The fraction of sp³-hybridized carbons (Fsp3) is 0.500. The summed E-state index contributed by atoms with van der Waals surface area (Å²) in [6, 6.07) is 5.90. The quantitative estimate of drug-likeness (QED) is 0.834. The molecule has 0 bridgehead atoms. The maximum absolute atomic E-state index is 11.3. The van der Waals surface area contributed by atoms with E-state index in [1.54, 1.807) is 7.05 Å². The SMILES string of the molecule is CNC(=O)Oc1ccc2c(c1)C1CCN(C)[C@@H]1N2C. The minimum atomic E-state index is -0.425. The van der Waals surface area contributed by atoms with Crippen molar-refractivity contribution in [2.75, 3.05) is 32.6 Å². The molecule has 2 heterocycles. The van der Waals surface area contributed by atoms with E-state index in [1.807, 2.05) is 18.2 Å². The number of amides is 1. The largest absolute Gasteiger partial charge is 0.412 e. The molecule has 102 valence electrons. The minimum Gasteiger partial charge on any atom is -0.410 e. The van der Waals surface area contributed by atoms with Crippen LogP contribution in [0.15, 0.2) is 18.2 Å². The van der Waals surface area contributed by atoms with E-state index in [9.17, 15) is 4.79 Å². The summed E-state index contributed by atoms with van der Waals surface area (Å²) < 4.78 is 5.22. The smallest absolute Gasteiger partial charge is 0.410 e. The molecule has 1 fully saturated rings. The van der Waals surface area contributed by atoms with Crippen molar-refractivity contribution in [3.8, 4) is 5.75 Å². The Kier molecular flexibility index (Phi) is 2.86.